The van der Waals surface area contributed by atoms with E-state index in [0.717, 1.165) is 18.5 Å². The number of phenolic OH excluding ortho intramolecular Hbond substituents is 1. The lowest BCUT2D eigenvalue weighted by Gasteiger charge is -2.33. The molecular weight excluding hydrogens is 685 g/mol. The second-order valence-electron chi connectivity index (χ2n) is 13.5. The molecule has 1 atom stereocenters. The Hall–Kier alpha value is -5.45. The highest BCUT2D eigenvalue weighted by molar-refractivity contribution is 7.92. The summed E-state index contributed by atoms with van der Waals surface area (Å²) in [5.74, 6) is -3.52. The number of aromatic hydroxyl groups is 1. The maximum absolute atomic E-state index is 15.4. The number of carbonyl (C=O) groups excluding carboxylic acids is 4. The third-order valence-corrected chi connectivity index (χ3v) is 11.1. The molecule has 17 heteroatoms. The van der Waals surface area contributed by atoms with E-state index in [0.29, 0.717) is 34.1 Å². The lowest BCUT2D eigenvalue weighted by molar-refractivity contribution is -0.135. The molecule has 1 unspecified atom stereocenters. The normalized spacial score (nSPS) is 19.6. The molecule has 4 heterocycles. The molecule has 3 saturated heterocycles. The summed E-state index contributed by atoms with van der Waals surface area (Å²) < 4.78 is 45.3. The number of benzene rings is 3. The van der Waals surface area contributed by atoms with Gasteiger partial charge in [-0.05, 0) is 86.9 Å². The number of hydrogen-bond donors (Lipinski definition) is 4. The number of hydrogen-bond acceptors (Lipinski definition) is 9. The molecule has 4 N–H and O–H groups in total. The second-order valence-corrected chi connectivity index (χ2v) is 15.1. The lowest BCUT2D eigenvalue weighted by Crippen LogP contribution is -2.44. The number of fused-ring (bicyclic) bond motifs is 2. The Kier molecular flexibility index (Phi) is 8.47. The molecule has 7 rings (SSSR count). The van der Waals surface area contributed by atoms with Crippen LogP contribution in [0.15, 0.2) is 47.3 Å². The van der Waals surface area contributed by atoms with Crippen molar-refractivity contribution >= 4 is 72.7 Å². The summed E-state index contributed by atoms with van der Waals surface area (Å²) in [6.45, 7) is 4.49. The van der Waals surface area contributed by atoms with Crippen LogP contribution in [0.5, 0.6) is 5.75 Å². The van der Waals surface area contributed by atoms with Crippen molar-refractivity contribution in [2.45, 2.75) is 58.0 Å². The van der Waals surface area contributed by atoms with Gasteiger partial charge in [0.2, 0.25) is 17.7 Å². The third kappa shape index (κ3) is 6.15. The molecule has 3 aliphatic rings. The minimum absolute atomic E-state index is 0.00108. The standard InChI is InChI=1S/C34H36FN7O8S/c1-18(2)41-26-16-22(4-6-24(26)42(34(41)48)25-7-8-28(44)37-33(25)47)39-11-9-19(10-12-39)13-29(45)36-21-3-5-23-20(14-21)15-27(43)32(31(23)35)40-17-30(46)38-51(40,49)50/h3-6,14-16,18-19,25,43H,7-13,17H2,1-2H3,(H,36,45)(H,38,46)(H,37,44,47). The van der Waals surface area contributed by atoms with Crippen molar-refractivity contribution in [3.63, 3.8) is 0 Å². The highest BCUT2D eigenvalue weighted by Gasteiger charge is 2.38. The molecule has 1 aromatic heterocycles. The van der Waals surface area contributed by atoms with Gasteiger partial charge in [-0.3, -0.25) is 33.6 Å². The third-order valence-electron chi connectivity index (χ3n) is 9.77. The number of amides is 4. The highest BCUT2D eigenvalue weighted by Crippen LogP contribution is 2.39. The van der Waals surface area contributed by atoms with Crippen LogP contribution < -0.4 is 30.3 Å². The fourth-order valence-corrected chi connectivity index (χ4v) is 8.49. The molecule has 4 aromatic rings. The first-order valence-electron chi connectivity index (χ1n) is 16.7. The summed E-state index contributed by atoms with van der Waals surface area (Å²) in [6.07, 6.45) is 2.13. The van der Waals surface area contributed by atoms with Gasteiger partial charge < -0.3 is 15.3 Å². The van der Waals surface area contributed by atoms with E-state index in [1.807, 2.05) is 32.0 Å². The van der Waals surface area contributed by atoms with E-state index < -0.39 is 51.9 Å². The number of aromatic nitrogens is 2. The van der Waals surface area contributed by atoms with Crippen molar-refractivity contribution in [1.82, 2.24) is 19.2 Å². The van der Waals surface area contributed by atoms with Crippen LogP contribution in [-0.4, -0.2) is 65.9 Å². The Bertz CT molecular complexity index is 2310. The zero-order chi connectivity index (χ0) is 36.4. The number of rotatable bonds is 7. The van der Waals surface area contributed by atoms with Gasteiger partial charge >= 0.3 is 15.9 Å². The Morgan fingerprint density at radius 3 is 2.41 bits per heavy atom. The van der Waals surface area contributed by atoms with Crippen LogP contribution >= 0.6 is 0 Å². The minimum Gasteiger partial charge on any atom is -0.506 e. The smallest absolute Gasteiger partial charge is 0.330 e. The first-order valence-corrected chi connectivity index (χ1v) is 18.1. The molecule has 0 spiro atoms. The number of imide groups is 1. The summed E-state index contributed by atoms with van der Waals surface area (Å²) >= 11 is 0. The highest BCUT2D eigenvalue weighted by atomic mass is 32.2. The SMILES string of the molecule is CC(C)n1c(=O)n(C2CCC(=O)NC2=O)c2ccc(N3CCC(CC(=O)Nc4ccc5c(F)c(N6CC(=O)NS6(=O)=O)c(O)cc5c4)CC3)cc21. The molecule has 268 valence electrons. The average molecular weight is 722 g/mol. The van der Waals surface area contributed by atoms with Crippen molar-refractivity contribution in [3.8, 4) is 5.75 Å². The molecule has 0 radical (unpaired) electrons. The van der Waals surface area contributed by atoms with Gasteiger partial charge in [0.25, 0.3) is 5.91 Å². The Labute approximate surface area is 291 Å². The maximum atomic E-state index is 15.4. The fourth-order valence-electron chi connectivity index (χ4n) is 7.32. The van der Waals surface area contributed by atoms with E-state index in [-0.39, 0.29) is 59.5 Å². The number of anilines is 3. The molecule has 3 aliphatic heterocycles. The van der Waals surface area contributed by atoms with Crippen molar-refractivity contribution < 1.29 is 37.1 Å². The van der Waals surface area contributed by atoms with E-state index in [9.17, 15) is 37.5 Å². The van der Waals surface area contributed by atoms with E-state index in [4.69, 9.17) is 0 Å². The van der Waals surface area contributed by atoms with E-state index >= 15 is 4.39 Å². The molecule has 15 nitrogen and oxygen atoms in total. The molecule has 4 amide bonds. The van der Waals surface area contributed by atoms with Gasteiger partial charge in [-0.1, -0.05) is 0 Å². The number of phenols is 1. The van der Waals surface area contributed by atoms with E-state index in [1.165, 1.54) is 28.8 Å². The second kappa shape index (κ2) is 12.7. The maximum Gasteiger partial charge on any atom is 0.330 e. The van der Waals surface area contributed by atoms with Gasteiger partial charge in [0.1, 0.15) is 24.0 Å². The number of nitrogens with zero attached hydrogens (tertiary/aromatic N) is 4. The van der Waals surface area contributed by atoms with Crippen LogP contribution in [0.3, 0.4) is 0 Å². The summed E-state index contributed by atoms with van der Waals surface area (Å²) in [7, 11) is -4.34. The van der Waals surface area contributed by atoms with Crippen LogP contribution in [0, 0.1) is 11.7 Å². The van der Waals surface area contributed by atoms with Crippen molar-refractivity contribution in [1.29, 1.82) is 0 Å². The van der Waals surface area contributed by atoms with Gasteiger partial charge in [-0.2, -0.15) is 8.42 Å². The summed E-state index contributed by atoms with van der Waals surface area (Å²) in [4.78, 5) is 64.8. The van der Waals surface area contributed by atoms with Crippen molar-refractivity contribution in [2.75, 3.05) is 34.2 Å². The summed E-state index contributed by atoms with van der Waals surface area (Å²) in [5, 5.41) is 15.9. The predicted molar refractivity (Wildman–Crippen MR) is 186 cm³/mol. The van der Waals surface area contributed by atoms with Gasteiger partial charge in [-0.25, -0.2) is 18.2 Å². The Balaban J connectivity index is 1.02. The van der Waals surface area contributed by atoms with Gasteiger partial charge in [-0.15, -0.1) is 0 Å². The van der Waals surface area contributed by atoms with Crippen LogP contribution in [-0.2, 0) is 29.4 Å². The minimum atomic E-state index is -4.34. The monoisotopic (exact) mass is 721 g/mol. The van der Waals surface area contributed by atoms with Crippen LogP contribution in [0.2, 0.25) is 0 Å². The fraction of sp³-hybridized carbons (Fsp3) is 0.382. The number of halogens is 1. The number of piperidine rings is 2. The Morgan fingerprint density at radius 2 is 1.75 bits per heavy atom. The molecule has 3 aromatic carbocycles. The number of nitrogens with one attached hydrogen (secondary N) is 3. The lowest BCUT2D eigenvalue weighted by atomic mass is 9.92. The van der Waals surface area contributed by atoms with Crippen LogP contribution in [0.25, 0.3) is 21.8 Å². The average Bonchev–Trinajstić information content (AvgIpc) is 3.50. The molecule has 51 heavy (non-hydrogen) atoms. The molecular formula is C34H36FN7O8S. The molecule has 0 aliphatic carbocycles. The van der Waals surface area contributed by atoms with Gasteiger partial charge in [0.05, 0.1) is 11.0 Å². The van der Waals surface area contributed by atoms with E-state index in [1.54, 1.807) is 9.29 Å². The van der Waals surface area contributed by atoms with Crippen molar-refractivity contribution in [3.05, 3.63) is 58.8 Å². The molecule has 0 bridgehead atoms. The molecule has 3 fully saturated rings. The summed E-state index contributed by atoms with van der Waals surface area (Å²) in [6, 6.07) is 10.3. The zero-order valence-electron chi connectivity index (χ0n) is 27.8. The van der Waals surface area contributed by atoms with Crippen LogP contribution in [0.4, 0.5) is 21.5 Å². The van der Waals surface area contributed by atoms with Crippen molar-refractivity contribution in [2.24, 2.45) is 5.92 Å². The molecule has 0 saturated carbocycles. The topological polar surface area (TPSA) is 192 Å². The largest absolute Gasteiger partial charge is 0.506 e. The van der Waals surface area contributed by atoms with E-state index in [2.05, 4.69) is 15.5 Å². The van der Waals surface area contributed by atoms with Gasteiger partial charge in [0.15, 0.2) is 5.82 Å². The Morgan fingerprint density at radius 1 is 1.00 bits per heavy atom. The summed E-state index contributed by atoms with van der Waals surface area (Å²) in [5.41, 5.74) is 1.67. The number of imidazole rings is 1. The first kappa shape index (κ1) is 34.0. The quantitative estimate of drug-likeness (QED) is 0.208. The predicted octanol–water partition coefficient (Wildman–Crippen LogP) is 2.79. The van der Waals surface area contributed by atoms with Gasteiger partial charge in [0, 0.05) is 48.7 Å². The zero-order valence-corrected chi connectivity index (χ0v) is 28.6. The first-order chi connectivity index (χ1) is 24.2. The number of carbonyl (C=O) groups is 4. The van der Waals surface area contributed by atoms with Crippen LogP contribution in [0.1, 0.15) is 58.0 Å².